The van der Waals surface area contributed by atoms with E-state index in [4.69, 9.17) is 0 Å². The molecule has 164 valence electrons. The third kappa shape index (κ3) is 3.58. The average Bonchev–Trinajstić information content (AvgIpc) is 3.03. The van der Waals surface area contributed by atoms with E-state index in [-0.39, 0.29) is 6.10 Å². The van der Waals surface area contributed by atoms with E-state index in [2.05, 4.69) is 47.3 Å². The fraction of sp³-hybridized carbons (Fsp3) is 0.857. The van der Waals surface area contributed by atoms with Gasteiger partial charge in [0.25, 0.3) is 0 Å². The lowest BCUT2D eigenvalue weighted by Crippen LogP contribution is -2.49. The first kappa shape index (κ1) is 21.7. The van der Waals surface area contributed by atoms with Gasteiger partial charge in [0.2, 0.25) is 0 Å². The van der Waals surface area contributed by atoms with Crippen molar-refractivity contribution in [1.82, 2.24) is 0 Å². The van der Waals surface area contributed by atoms with Gasteiger partial charge in [-0.2, -0.15) is 0 Å². The fourth-order valence-corrected chi connectivity index (χ4v) is 8.37. The maximum absolute atomic E-state index is 10.2. The monoisotopic (exact) mass is 398 g/mol. The quantitative estimate of drug-likeness (QED) is 0.474. The summed E-state index contributed by atoms with van der Waals surface area (Å²) in [6.45, 7) is 16.7. The highest BCUT2D eigenvalue weighted by Gasteiger charge is 2.58. The van der Waals surface area contributed by atoms with Crippen molar-refractivity contribution in [1.29, 1.82) is 0 Å². The molecule has 0 aromatic heterocycles. The molecule has 3 fully saturated rings. The lowest BCUT2D eigenvalue weighted by molar-refractivity contribution is -0.0427. The Morgan fingerprint density at radius 1 is 1.07 bits per heavy atom. The van der Waals surface area contributed by atoms with Crippen LogP contribution in [0.5, 0.6) is 0 Å². The lowest BCUT2D eigenvalue weighted by Gasteiger charge is -2.57. The molecule has 1 nitrogen and oxygen atoms in total. The number of allylic oxidation sites excluding steroid dienone is 3. The highest BCUT2D eigenvalue weighted by atomic mass is 16.3. The zero-order chi connectivity index (χ0) is 21.0. The number of rotatable bonds is 5. The van der Waals surface area contributed by atoms with E-state index in [1.165, 1.54) is 56.9 Å². The molecular weight excluding hydrogens is 352 g/mol. The van der Waals surface area contributed by atoms with Crippen LogP contribution in [0.25, 0.3) is 0 Å². The molecule has 3 saturated carbocycles. The Morgan fingerprint density at radius 3 is 2.48 bits per heavy atom. The Balaban J connectivity index is 1.50. The normalized spacial score (nSPS) is 45.2. The van der Waals surface area contributed by atoms with Crippen molar-refractivity contribution in [2.45, 2.75) is 105 Å². The topological polar surface area (TPSA) is 20.2 Å². The van der Waals surface area contributed by atoms with Crippen LogP contribution in [0.1, 0.15) is 98.8 Å². The molecule has 8 atom stereocenters. The molecule has 0 spiro atoms. The second-order valence-corrected chi connectivity index (χ2v) is 12.2. The minimum atomic E-state index is -0.0471. The van der Waals surface area contributed by atoms with Gasteiger partial charge in [0.1, 0.15) is 0 Å². The summed E-state index contributed by atoms with van der Waals surface area (Å²) in [5.74, 6) is 4.65. The summed E-state index contributed by atoms with van der Waals surface area (Å²) in [5.41, 5.74) is 4.26. The molecule has 1 unspecified atom stereocenters. The van der Waals surface area contributed by atoms with Crippen molar-refractivity contribution in [2.75, 3.05) is 0 Å². The number of hydrogen-bond donors (Lipinski definition) is 1. The molecule has 4 rings (SSSR count). The maximum atomic E-state index is 10.2. The van der Waals surface area contributed by atoms with E-state index in [1.54, 1.807) is 0 Å². The van der Waals surface area contributed by atoms with E-state index in [9.17, 15) is 5.11 Å². The highest BCUT2D eigenvalue weighted by molar-refractivity contribution is 5.27. The first-order valence-corrected chi connectivity index (χ1v) is 12.7. The van der Waals surface area contributed by atoms with E-state index in [1.807, 2.05) is 5.57 Å². The smallest absolute Gasteiger partial charge is 0.0543 e. The van der Waals surface area contributed by atoms with Gasteiger partial charge in [0.15, 0.2) is 0 Å². The Labute approximate surface area is 180 Å². The molecule has 0 aromatic carbocycles. The van der Waals surface area contributed by atoms with Crippen LogP contribution < -0.4 is 0 Å². The minimum Gasteiger partial charge on any atom is -0.393 e. The molecule has 4 aliphatic rings. The van der Waals surface area contributed by atoms with E-state index in [0.29, 0.717) is 22.7 Å². The van der Waals surface area contributed by atoms with Crippen LogP contribution in [0.4, 0.5) is 0 Å². The SMILES string of the molecule is C=C(CC[C@@H](C)[C@H]1CC[C@H]2C3=CC[C@H]4C[C@@H](O)CC[C@]4(C)C3CC[C@]12C)C(C)C. The zero-order valence-electron chi connectivity index (χ0n) is 19.8. The molecule has 0 aliphatic heterocycles. The predicted molar refractivity (Wildman–Crippen MR) is 124 cm³/mol. The molecular formula is C28H46O. The summed E-state index contributed by atoms with van der Waals surface area (Å²) in [4.78, 5) is 0. The molecule has 1 N–H and O–H groups in total. The molecule has 0 bridgehead atoms. The third-order valence-electron chi connectivity index (χ3n) is 10.5. The van der Waals surface area contributed by atoms with Gasteiger partial charge in [-0.05, 0) is 111 Å². The Morgan fingerprint density at radius 2 is 1.76 bits per heavy atom. The molecule has 0 heterocycles. The van der Waals surface area contributed by atoms with Gasteiger partial charge >= 0.3 is 0 Å². The summed E-state index contributed by atoms with van der Waals surface area (Å²) in [6, 6.07) is 0. The second-order valence-electron chi connectivity index (χ2n) is 12.2. The van der Waals surface area contributed by atoms with Crippen LogP contribution in [-0.4, -0.2) is 11.2 Å². The van der Waals surface area contributed by atoms with Gasteiger partial charge in [-0.25, -0.2) is 0 Å². The van der Waals surface area contributed by atoms with Crippen molar-refractivity contribution in [3.8, 4) is 0 Å². The van der Waals surface area contributed by atoms with Crippen molar-refractivity contribution in [2.24, 2.45) is 46.3 Å². The largest absolute Gasteiger partial charge is 0.393 e. The third-order valence-corrected chi connectivity index (χ3v) is 10.5. The van der Waals surface area contributed by atoms with Crippen LogP contribution >= 0.6 is 0 Å². The number of hydrogen-bond acceptors (Lipinski definition) is 1. The standard InChI is InChI=1S/C28H46O/c1-18(2)19(3)7-8-20(4)24-11-12-25-23-10-9-21-17-22(29)13-15-27(21,5)26(23)14-16-28(24,25)6/h10,18,20-22,24-26,29H,3,7-9,11-17H2,1-2,4-6H3/t20-,21+,22+,24-,25+,26?,27+,28-/m1/s1. The van der Waals surface area contributed by atoms with Crippen molar-refractivity contribution in [3.05, 3.63) is 23.8 Å². The van der Waals surface area contributed by atoms with Gasteiger partial charge in [-0.3, -0.25) is 0 Å². The summed E-state index contributed by atoms with van der Waals surface area (Å²) in [7, 11) is 0. The van der Waals surface area contributed by atoms with E-state index < -0.39 is 0 Å². The average molecular weight is 399 g/mol. The van der Waals surface area contributed by atoms with Crippen LogP contribution in [0.15, 0.2) is 23.8 Å². The lowest BCUT2D eigenvalue weighted by atomic mass is 9.47. The molecule has 29 heavy (non-hydrogen) atoms. The van der Waals surface area contributed by atoms with Crippen LogP contribution in [0.3, 0.4) is 0 Å². The number of aliphatic hydroxyl groups is 1. The van der Waals surface area contributed by atoms with Crippen LogP contribution in [-0.2, 0) is 0 Å². The van der Waals surface area contributed by atoms with Crippen molar-refractivity contribution in [3.63, 3.8) is 0 Å². The molecule has 1 heteroatoms. The minimum absolute atomic E-state index is 0.0471. The number of fused-ring (bicyclic) bond motifs is 5. The van der Waals surface area contributed by atoms with Gasteiger partial charge in [0.05, 0.1) is 6.10 Å². The zero-order valence-corrected chi connectivity index (χ0v) is 19.8. The highest BCUT2D eigenvalue weighted by Crippen LogP contribution is 2.66. The Bertz CT molecular complexity index is 659. The van der Waals surface area contributed by atoms with Gasteiger partial charge < -0.3 is 5.11 Å². The Kier molecular flexibility index (Phi) is 5.86. The molecule has 0 aromatic rings. The predicted octanol–water partition coefficient (Wildman–Crippen LogP) is 7.55. The first-order valence-electron chi connectivity index (χ1n) is 12.7. The Hall–Kier alpha value is -0.560. The summed E-state index contributed by atoms with van der Waals surface area (Å²) < 4.78 is 0. The maximum Gasteiger partial charge on any atom is 0.0543 e. The molecule has 0 saturated heterocycles. The van der Waals surface area contributed by atoms with Crippen LogP contribution in [0, 0.1) is 46.3 Å². The van der Waals surface area contributed by atoms with E-state index >= 15 is 0 Å². The van der Waals surface area contributed by atoms with E-state index in [0.717, 1.165) is 36.5 Å². The molecule has 4 aliphatic carbocycles. The van der Waals surface area contributed by atoms with Crippen LogP contribution in [0.2, 0.25) is 0 Å². The van der Waals surface area contributed by atoms with Crippen molar-refractivity contribution < 1.29 is 5.11 Å². The van der Waals surface area contributed by atoms with Gasteiger partial charge in [-0.15, -0.1) is 0 Å². The van der Waals surface area contributed by atoms with Gasteiger partial charge in [-0.1, -0.05) is 58.4 Å². The molecule has 0 amide bonds. The summed E-state index contributed by atoms with van der Waals surface area (Å²) >= 11 is 0. The second kappa shape index (κ2) is 7.85. The number of aliphatic hydroxyl groups excluding tert-OH is 1. The summed E-state index contributed by atoms with van der Waals surface area (Å²) in [5, 5.41) is 10.2. The summed E-state index contributed by atoms with van der Waals surface area (Å²) in [6.07, 6.45) is 15.3. The molecule has 0 radical (unpaired) electrons. The fourth-order valence-electron chi connectivity index (χ4n) is 8.37. The van der Waals surface area contributed by atoms with Crippen molar-refractivity contribution >= 4 is 0 Å². The van der Waals surface area contributed by atoms with Gasteiger partial charge in [0, 0.05) is 0 Å². The first-order chi connectivity index (χ1) is 13.7.